The first-order chi connectivity index (χ1) is 14.9. The summed E-state index contributed by atoms with van der Waals surface area (Å²) in [6, 6.07) is 17.3. The highest BCUT2D eigenvalue weighted by atomic mass is 16.5. The van der Waals surface area contributed by atoms with Crippen LogP contribution >= 0.6 is 0 Å². The van der Waals surface area contributed by atoms with Crippen LogP contribution in [-0.2, 0) is 18.4 Å². The molecule has 0 saturated heterocycles. The fourth-order valence-corrected chi connectivity index (χ4v) is 3.56. The van der Waals surface area contributed by atoms with E-state index >= 15 is 0 Å². The molecule has 0 unspecified atom stereocenters. The van der Waals surface area contributed by atoms with Gasteiger partial charge in [0.15, 0.2) is 0 Å². The standard InChI is InChI=1S/C23H22N4O4/c1-15-13-19-21(25(15)2)22(29)27(17-7-5-4-6-8-17)23(30)26(19)14-20(28)24-16-9-11-18(31-3)12-10-16/h4-13H,14H2,1-3H3,(H,24,28). The number of aromatic nitrogens is 3. The zero-order valence-electron chi connectivity index (χ0n) is 17.5. The van der Waals surface area contributed by atoms with E-state index in [4.69, 9.17) is 4.74 Å². The van der Waals surface area contributed by atoms with Gasteiger partial charge in [-0.05, 0) is 49.4 Å². The molecule has 0 fully saturated rings. The number of ether oxygens (including phenoxy) is 1. The molecule has 8 heteroatoms. The van der Waals surface area contributed by atoms with Crippen molar-refractivity contribution in [1.29, 1.82) is 0 Å². The summed E-state index contributed by atoms with van der Waals surface area (Å²) in [6.45, 7) is 1.61. The zero-order chi connectivity index (χ0) is 22.1. The normalized spacial score (nSPS) is 10.9. The Balaban J connectivity index is 1.81. The Morgan fingerprint density at radius 2 is 1.71 bits per heavy atom. The van der Waals surface area contributed by atoms with Gasteiger partial charge in [-0.25, -0.2) is 9.36 Å². The summed E-state index contributed by atoms with van der Waals surface area (Å²) in [4.78, 5) is 39.3. The van der Waals surface area contributed by atoms with Crippen LogP contribution in [0.2, 0.25) is 0 Å². The smallest absolute Gasteiger partial charge is 0.336 e. The van der Waals surface area contributed by atoms with Crippen LogP contribution in [0.15, 0.2) is 70.3 Å². The van der Waals surface area contributed by atoms with Crippen molar-refractivity contribution in [3.8, 4) is 11.4 Å². The van der Waals surface area contributed by atoms with E-state index in [0.29, 0.717) is 28.2 Å². The molecule has 1 amide bonds. The average molecular weight is 418 g/mol. The molecule has 1 N–H and O–H groups in total. The van der Waals surface area contributed by atoms with Crippen LogP contribution in [0.5, 0.6) is 5.75 Å². The van der Waals surface area contributed by atoms with Gasteiger partial charge >= 0.3 is 5.69 Å². The van der Waals surface area contributed by atoms with Gasteiger partial charge in [0.1, 0.15) is 17.8 Å². The maximum atomic E-state index is 13.3. The van der Waals surface area contributed by atoms with Crippen molar-refractivity contribution in [2.45, 2.75) is 13.5 Å². The fraction of sp³-hybridized carbons (Fsp3) is 0.174. The fourth-order valence-electron chi connectivity index (χ4n) is 3.56. The van der Waals surface area contributed by atoms with E-state index in [-0.39, 0.29) is 12.5 Å². The quantitative estimate of drug-likeness (QED) is 0.539. The molecular formula is C23H22N4O4. The SMILES string of the molecule is COc1ccc(NC(=O)Cn2c(=O)n(-c3ccccc3)c(=O)c3c2cc(C)n3C)cc1. The number of rotatable bonds is 5. The Labute approximate surface area is 177 Å². The lowest BCUT2D eigenvalue weighted by Crippen LogP contribution is -2.41. The molecular weight excluding hydrogens is 396 g/mol. The molecule has 158 valence electrons. The van der Waals surface area contributed by atoms with E-state index < -0.39 is 11.2 Å². The third-order valence-electron chi connectivity index (χ3n) is 5.26. The van der Waals surface area contributed by atoms with Crippen LogP contribution in [0.3, 0.4) is 0 Å². The minimum absolute atomic E-state index is 0.238. The van der Waals surface area contributed by atoms with Crippen molar-refractivity contribution in [1.82, 2.24) is 13.7 Å². The van der Waals surface area contributed by atoms with E-state index in [1.54, 1.807) is 79.4 Å². The molecule has 0 aliphatic rings. The highest BCUT2D eigenvalue weighted by molar-refractivity contribution is 5.91. The van der Waals surface area contributed by atoms with Crippen molar-refractivity contribution in [3.63, 3.8) is 0 Å². The average Bonchev–Trinajstić information content (AvgIpc) is 3.07. The number of anilines is 1. The van der Waals surface area contributed by atoms with Crippen molar-refractivity contribution < 1.29 is 9.53 Å². The second-order valence-corrected chi connectivity index (χ2v) is 7.20. The first-order valence-corrected chi connectivity index (χ1v) is 9.72. The third-order valence-corrected chi connectivity index (χ3v) is 5.26. The van der Waals surface area contributed by atoms with E-state index in [1.807, 2.05) is 6.92 Å². The van der Waals surface area contributed by atoms with Crippen molar-refractivity contribution in [3.05, 3.63) is 87.2 Å². The lowest BCUT2D eigenvalue weighted by Gasteiger charge is -2.13. The predicted octanol–water partition coefficient (Wildman–Crippen LogP) is 2.45. The summed E-state index contributed by atoms with van der Waals surface area (Å²) < 4.78 is 9.28. The molecule has 0 spiro atoms. The first-order valence-electron chi connectivity index (χ1n) is 9.72. The molecule has 4 aromatic rings. The van der Waals surface area contributed by atoms with Gasteiger partial charge in [0, 0.05) is 18.4 Å². The van der Waals surface area contributed by atoms with Gasteiger partial charge in [0.05, 0.1) is 18.3 Å². The minimum atomic E-state index is -0.570. The summed E-state index contributed by atoms with van der Waals surface area (Å²) in [5, 5.41) is 2.78. The van der Waals surface area contributed by atoms with E-state index in [1.165, 1.54) is 4.57 Å². The monoisotopic (exact) mass is 418 g/mol. The number of nitrogens with one attached hydrogen (secondary N) is 1. The number of methoxy groups -OCH3 is 1. The van der Waals surface area contributed by atoms with Gasteiger partial charge in [-0.2, -0.15) is 0 Å². The van der Waals surface area contributed by atoms with Crippen LogP contribution in [0, 0.1) is 6.92 Å². The summed E-state index contributed by atoms with van der Waals surface area (Å²) >= 11 is 0. The molecule has 0 radical (unpaired) electrons. The van der Waals surface area contributed by atoms with Gasteiger partial charge < -0.3 is 14.6 Å². The maximum absolute atomic E-state index is 13.3. The second kappa shape index (κ2) is 7.98. The van der Waals surface area contributed by atoms with Crippen LogP contribution in [0.4, 0.5) is 5.69 Å². The largest absolute Gasteiger partial charge is 0.497 e. The lowest BCUT2D eigenvalue weighted by molar-refractivity contribution is -0.116. The summed E-state index contributed by atoms with van der Waals surface area (Å²) in [7, 11) is 3.33. The first kappa shape index (κ1) is 20.2. The highest BCUT2D eigenvalue weighted by Gasteiger charge is 2.20. The molecule has 4 rings (SSSR count). The molecule has 31 heavy (non-hydrogen) atoms. The van der Waals surface area contributed by atoms with E-state index in [2.05, 4.69) is 5.32 Å². The summed E-state index contributed by atoms with van der Waals surface area (Å²) in [5.74, 6) is 0.291. The Bertz CT molecular complexity index is 1380. The topological polar surface area (TPSA) is 87.3 Å². The van der Waals surface area contributed by atoms with Crippen LogP contribution in [0.1, 0.15) is 5.69 Å². The van der Waals surface area contributed by atoms with Crippen LogP contribution in [0.25, 0.3) is 16.7 Å². The van der Waals surface area contributed by atoms with Gasteiger partial charge in [-0.3, -0.25) is 14.2 Å². The number of amides is 1. The number of hydrogen-bond acceptors (Lipinski definition) is 4. The van der Waals surface area contributed by atoms with Gasteiger partial charge in [-0.15, -0.1) is 0 Å². The molecule has 0 aliphatic heterocycles. The molecule has 0 aliphatic carbocycles. The maximum Gasteiger partial charge on any atom is 0.336 e. The van der Waals surface area contributed by atoms with Crippen LogP contribution < -0.4 is 21.3 Å². The molecule has 2 heterocycles. The zero-order valence-corrected chi connectivity index (χ0v) is 17.5. The third kappa shape index (κ3) is 3.63. The van der Waals surface area contributed by atoms with Crippen molar-refractivity contribution >= 4 is 22.6 Å². The second-order valence-electron chi connectivity index (χ2n) is 7.20. The van der Waals surface area contributed by atoms with E-state index in [9.17, 15) is 14.4 Å². The van der Waals surface area contributed by atoms with Crippen molar-refractivity contribution in [2.24, 2.45) is 7.05 Å². The predicted molar refractivity (Wildman–Crippen MR) is 119 cm³/mol. The number of nitrogens with zero attached hydrogens (tertiary/aromatic N) is 3. The highest BCUT2D eigenvalue weighted by Crippen LogP contribution is 2.17. The number of carbonyl (C=O) groups excluding carboxylic acids is 1. The number of hydrogen-bond donors (Lipinski definition) is 1. The molecule has 2 aromatic heterocycles. The molecule has 0 bridgehead atoms. The molecule has 0 saturated carbocycles. The number of carbonyl (C=O) groups is 1. The Hall–Kier alpha value is -4.07. The Morgan fingerprint density at radius 1 is 1.03 bits per heavy atom. The Morgan fingerprint density at radius 3 is 2.35 bits per heavy atom. The molecule has 2 aromatic carbocycles. The minimum Gasteiger partial charge on any atom is -0.497 e. The summed E-state index contributed by atoms with van der Waals surface area (Å²) in [6.07, 6.45) is 0. The number of benzene rings is 2. The number of aryl methyl sites for hydroxylation is 2. The number of fused-ring (bicyclic) bond motifs is 1. The summed E-state index contributed by atoms with van der Waals surface area (Å²) in [5.41, 5.74) is 1.62. The van der Waals surface area contributed by atoms with Crippen molar-refractivity contribution in [2.75, 3.05) is 12.4 Å². The molecule has 8 nitrogen and oxygen atoms in total. The number of para-hydroxylation sites is 1. The lowest BCUT2D eigenvalue weighted by atomic mass is 10.3. The Kier molecular flexibility index (Phi) is 5.21. The van der Waals surface area contributed by atoms with Gasteiger partial charge in [0.25, 0.3) is 5.56 Å². The van der Waals surface area contributed by atoms with Crippen LogP contribution in [-0.4, -0.2) is 26.7 Å². The van der Waals surface area contributed by atoms with Gasteiger partial charge in [0.2, 0.25) is 5.91 Å². The van der Waals surface area contributed by atoms with E-state index in [0.717, 1.165) is 10.3 Å². The van der Waals surface area contributed by atoms with Gasteiger partial charge in [-0.1, -0.05) is 18.2 Å². The molecule has 0 atom stereocenters.